The molecule has 1 saturated heterocycles. The van der Waals surface area contributed by atoms with Crippen LogP contribution in [0.1, 0.15) is 12.5 Å². The topological polar surface area (TPSA) is 55.8 Å². The average Bonchev–Trinajstić information content (AvgIpc) is 2.90. The van der Waals surface area contributed by atoms with Gasteiger partial charge in [0.2, 0.25) is 0 Å². The predicted octanol–water partition coefficient (Wildman–Crippen LogP) is 4.99. The molecule has 1 fully saturated rings. The van der Waals surface area contributed by atoms with Crippen molar-refractivity contribution in [1.29, 1.82) is 0 Å². The molecule has 0 radical (unpaired) electrons. The molecule has 0 aliphatic carbocycles. The van der Waals surface area contributed by atoms with Crippen molar-refractivity contribution in [2.45, 2.75) is 6.92 Å². The molecule has 2 aromatic carbocycles. The van der Waals surface area contributed by atoms with E-state index in [9.17, 15) is 9.59 Å². The quantitative estimate of drug-likeness (QED) is 0.674. The second-order valence-electron chi connectivity index (χ2n) is 5.34. The number of anilines is 1. The fourth-order valence-electron chi connectivity index (χ4n) is 2.51. The molecule has 1 aliphatic rings. The molecule has 1 aliphatic heterocycles. The number of imide groups is 1. The van der Waals surface area contributed by atoms with Gasteiger partial charge in [0.25, 0.3) is 11.1 Å². The third-order valence-electron chi connectivity index (χ3n) is 3.65. The van der Waals surface area contributed by atoms with Crippen molar-refractivity contribution in [2.24, 2.45) is 0 Å². The lowest BCUT2D eigenvalue weighted by Crippen LogP contribution is -2.27. The highest BCUT2D eigenvalue weighted by molar-refractivity contribution is 8.19. The second-order valence-corrected chi connectivity index (χ2v) is 6.77. The standard InChI is InChI=1S/C19H16ClNO4S/c1-3-25-15-8-7-12(9-16(15)24-2)10-17-18(22)21(19(23)26-17)14-6-4-5-13(20)11-14/h4-11H,3H2,1-2H3/b17-10+. The van der Waals surface area contributed by atoms with Gasteiger partial charge in [-0.3, -0.25) is 9.59 Å². The number of carbonyl (C=O) groups is 2. The Morgan fingerprint density at radius 1 is 1.15 bits per heavy atom. The van der Waals surface area contributed by atoms with Crippen LogP contribution in [0.2, 0.25) is 5.02 Å². The lowest BCUT2D eigenvalue weighted by molar-refractivity contribution is -0.113. The van der Waals surface area contributed by atoms with Crippen molar-refractivity contribution in [3.63, 3.8) is 0 Å². The number of amides is 2. The van der Waals surface area contributed by atoms with E-state index in [1.165, 1.54) is 0 Å². The minimum absolute atomic E-state index is 0.334. The molecule has 0 N–H and O–H groups in total. The zero-order valence-electron chi connectivity index (χ0n) is 14.2. The van der Waals surface area contributed by atoms with Gasteiger partial charge in [0.15, 0.2) is 11.5 Å². The first-order chi connectivity index (χ1) is 12.5. The molecule has 1 heterocycles. The first-order valence-corrected chi connectivity index (χ1v) is 9.07. The third kappa shape index (κ3) is 3.71. The summed E-state index contributed by atoms with van der Waals surface area (Å²) in [7, 11) is 1.55. The Hall–Kier alpha value is -2.44. The molecular weight excluding hydrogens is 374 g/mol. The van der Waals surface area contributed by atoms with Gasteiger partial charge in [-0.1, -0.05) is 23.7 Å². The Labute approximate surface area is 160 Å². The van der Waals surface area contributed by atoms with Gasteiger partial charge in [-0.15, -0.1) is 0 Å². The summed E-state index contributed by atoms with van der Waals surface area (Å²) in [5.74, 6) is 0.809. The molecule has 134 valence electrons. The minimum Gasteiger partial charge on any atom is -0.493 e. The molecule has 26 heavy (non-hydrogen) atoms. The minimum atomic E-state index is -0.380. The normalized spacial score (nSPS) is 15.7. The van der Waals surface area contributed by atoms with E-state index >= 15 is 0 Å². The number of thioether (sulfide) groups is 1. The summed E-state index contributed by atoms with van der Waals surface area (Å²) >= 11 is 6.85. The Balaban J connectivity index is 1.90. The Bertz CT molecular complexity index is 897. The lowest BCUT2D eigenvalue weighted by atomic mass is 10.2. The molecule has 0 unspecified atom stereocenters. The van der Waals surface area contributed by atoms with Crippen molar-refractivity contribution in [3.8, 4) is 11.5 Å². The number of methoxy groups -OCH3 is 1. The van der Waals surface area contributed by atoms with Crippen LogP contribution in [0, 0.1) is 0 Å². The molecule has 0 bridgehead atoms. The number of halogens is 1. The fourth-order valence-corrected chi connectivity index (χ4v) is 3.53. The van der Waals surface area contributed by atoms with Crippen molar-refractivity contribution in [3.05, 3.63) is 58.0 Å². The summed E-state index contributed by atoms with van der Waals surface area (Å²) in [6, 6.07) is 12.0. The third-order valence-corrected chi connectivity index (χ3v) is 4.75. The van der Waals surface area contributed by atoms with Crippen LogP contribution in [0.4, 0.5) is 10.5 Å². The van der Waals surface area contributed by atoms with Crippen LogP contribution in [0.3, 0.4) is 0 Å². The number of rotatable bonds is 5. The largest absolute Gasteiger partial charge is 0.493 e. The predicted molar refractivity (Wildman–Crippen MR) is 104 cm³/mol. The van der Waals surface area contributed by atoms with E-state index in [1.807, 2.05) is 6.92 Å². The maximum absolute atomic E-state index is 12.7. The van der Waals surface area contributed by atoms with Crippen LogP contribution in [0.5, 0.6) is 11.5 Å². The summed E-state index contributed by atoms with van der Waals surface area (Å²) in [5, 5.41) is 0.100. The monoisotopic (exact) mass is 389 g/mol. The summed E-state index contributed by atoms with van der Waals surface area (Å²) in [6.45, 7) is 2.41. The van der Waals surface area contributed by atoms with Crippen molar-refractivity contribution in [2.75, 3.05) is 18.6 Å². The van der Waals surface area contributed by atoms with Crippen molar-refractivity contribution < 1.29 is 19.1 Å². The van der Waals surface area contributed by atoms with Crippen LogP contribution in [-0.2, 0) is 4.79 Å². The number of hydrogen-bond acceptors (Lipinski definition) is 5. The first-order valence-electron chi connectivity index (χ1n) is 7.88. The average molecular weight is 390 g/mol. The summed E-state index contributed by atoms with van der Waals surface area (Å²) < 4.78 is 10.8. The first kappa shape index (κ1) is 18.4. The highest BCUT2D eigenvalue weighted by Crippen LogP contribution is 2.37. The van der Waals surface area contributed by atoms with Crippen LogP contribution in [0.25, 0.3) is 6.08 Å². The Kier molecular flexibility index (Phi) is 5.54. The second kappa shape index (κ2) is 7.85. The van der Waals surface area contributed by atoms with Gasteiger partial charge in [-0.2, -0.15) is 0 Å². The number of hydrogen-bond donors (Lipinski definition) is 0. The summed E-state index contributed by atoms with van der Waals surface area (Å²) in [6.07, 6.45) is 1.66. The maximum Gasteiger partial charge on any atom is 0.298 e. The zero-order chi connectivity index (χ0) is 18.7. The van der Waals surface area contributed by atoms with Crippen molar-refractivity contribution in [1.82, 2.24) is 0 Å². The van der Waals surface area contributed by atoms with Gasteiger partial charge in [-0.25, -0.2) is 4.90 Å². The van der Waals surface area contributed by atoms with Gasteiger partial charge in [0.05, 0.1) is 24.3 Å². The fraction of sp³-hybridized carbons (Fsp3) is 0.158. The van der Waals surface area contributed by atoms with Crippen LogP contribution < -0.4 is 14.4 Å². The van der Waals surface area contributed by atoms with E-state index in [0.717, 1.165) is 22.2 Å². The SMILES string of the molecule is CCOc1ccc(/C=C2/SC(=O)N(c3cccc(Cl)c3)C2=O)cc1OC. The van der Waals surface area contributed by atoms with Gasteiger partial charge in [0, 0.05) is 5.02 Å². The van der Waals surface area contributed by atoms with E-state index in [0.29, 0.717) is 33.7 Å². The number of benzene rings is 2. The molecule has 0 aromatic heterocycles. The maximum atomic E-state index is 12.7. The van der Waals surface area contributed by atoms with E-state index in [2.05, 4.69) is 0 Å². The molecule has 5 nitrogen and oxygen atoms in total. The lowest BCUT2D eigenvalue weighted by Gasteiger charge is -2.12. The van der Waals surface area contributed by atoms with Crippen molar-refractivity contribution >= 4 is 46.3 Å². The van der Waals surface area contributed by atoms with E-state index in [4.69, 9.17) is 21.1 Å². The highest BCUT2D eigenvalue weighted by Gasteiger charge is 2.36. The van der Waals surface area contributed by atoms with Crippen LogP contribution in [-0.4, -0.2) is 24.9 Å². The van der Waals surface area contributed by atoms with Gasteiger partial charge >= 0.3 is 0 Å². The van der Waals surface area contributed by atoms with E-state index in [-0.39, 0.29) is 11.1 Å². The molecule has 3 rings (SSSR count). The molecule has 2 aromatic rings. The van der Waals surface area contributed by atoms with E-state index in [1.54, 1.807) is 55.7 Å². The van der Waals surface area contributed by atoms with E-state index < -0.39 is 0 Å². The van der Waals surface area contributed by atoms with Gasteiger partial charge < -0.3 is 9.47 Å². The number of ether oxygens (including phenoxy) is 2. The molecule has 0 spiro atoms. The van der Waals surface area contributed by atoms with Crippen LogP contribution >= 0.6 is 23.4 Å². The Morgan fingerprint density at radius 3 is 2.65 bits per heavy atom. The Morgan fingerprint density at radius 2 is 1.96 bits per heavy atom. The molecular formula is C19H16ClNO4S. The number of carbonyl (C=O) groups excluding carboxylic acids is 2. The van der Waals surface area contributed by atoms with Gasteiger partial charge in [-0.05, 0) is 60.7 Å². The number of nitrogens with zero attached hydrogens (tertiary/aromatic N) is 1. The summed E-state index contributed by atoms with van der Waals surface area (Å²) in [4.78, 5) is 26.4. The zero-order valence-corrected chi connectivity index (χ0v) is 15.8. The highest BCUT2D eigenvalue weighted by atomic mass is 35.5. The molecule has 7 heteroatoms. The molecule has 0 atom stereocenters. The van der Waals surface area contributed by atoms with Crippen LogP contribution in [0.15, 0.2) is 47.4 Å². The molecule has 2 amide bonds. The smallest absolute Gasteiger partial charge is 0.298 e. The molecule has 0 saturated carbocycles. The summed E-state index contributed by atoms with van der Waals surface area (Å²) in [5.41, 5.74) is 1.19. The van der Waals surface area contributed by atoms with Gasteiger partial charge in [0.1, 0.15) is 0 Å².